The first-order valence-electron chi connectivity index (χ1n) is 4.17. The molecular formula is C8H16N4. The topological polar surface area (TPSA) is 42.7 Å². The smallest absolute Gasteiger partial charge is 0.146 e. The van der Waals surface area contributed by atoms with E-state index in [1.54, 1.807) is 11.0 Å². The molecule has 0 aromatic carbocycles. The van der Waals surface area contributed by atoms with Gasteiger partial charge in [-0.05, 0) is 20.4 Å². The van der Waals surface area contributed by atoms with Gasteiger partial charge < -0.3 is 5.32 Å². The molecule has 0 aliphatic heterocycles. The largest absolute Gasteiger partial charge is 0.306 e. The quantitative estimate of drug-likeness (QED) is 0.721. The van der Waals surface area contributed by atoms with Crippen molar-refractivity contribution >= 4 is 0 Å². The van der Waals surface area contributed by atoms with Gasteiger partial charge in [0, 0.05) is 7.05 Å². The summed E-state index contributed by atoms with van der Waals surface area (Å²) < 4.78 is 1.79. The summed E-state index contributed by atoms with van der Waals surface area (Å²) in [6, 6.07) is 0. The van der Waals surface area contributed by atoms with E-state index >= 15 is 0 Å². The molecule has 0 fully saturated rings. The zero-order chi connectivity index (χ0) is 9.19. The molecular weight excluding hydrogens is 152 g/mol. The number of aromatic nitrogens is 3. The predicted octanol–water partition coefficient (Wildman–Crippen LogP) is 0.660. The summed E-state index contributed by atoms with van der Waals surface area (Å²) >= 11 is 0. The summed E-state index contributed by atoms with van der Waals surface area (Å²) in [4.78, 5) is 4.20. The van der Waals surface area contributed by atoms with Gasteiger partial charge in [-0.15, -0.1) is 0 Å². The fourth-order valence-corrected chi connectivity index (χ4v) is 1.38. The van der Waals surface area contributed by atoms with Gasteiger partial charge in [0.1, 0.15) is 12.2 Å². The third-order valence-corrected chi connectivity index (χ3v) is 1.89. The molecule has 0 aliphatic carbocycles. The van der Waals surface area contributed by atoms with E-state index < -0.39 is 0 Å². The van der Waals surface area contributed by atoms with Crippen LogP contribution in [0.3, 0.4) is 0 Å². The maximum absolute atomic E-state index is 4.20. The van der Waals surface area contributed by atoms with E-state index in [0.29, 0.717) is 0 Å². The van der Waals surface area contributed by atoms with E-state index in [9.17, 15) is 0 Å². The van der Waals surface area contributed by atoms with Gasteiger partial charge in [-0.1, -0.05) is 6.92 Å². The molecule has 4 nitrogen and oxygen atoms in total. The molecule has 0 saturated carbocycles. The Bertz CT molecular complexity index is 251. The molecule has 4 heteroatoms. The predicted molar refractivity (Wildman–Crippen MR) is 47.7 cm³/mol. The lowest BCUT2D eigenvalue weighted by Gasteiger charge is -2.24. The van der Waals surface area contributed by atoms with Crippen LogP contribution in [0.2, 0.25) is 0 Å². The van der Waals surface area contributed by atoms with Crippen LogP contribution in [0.1, 0.15) is 26.6 Å². The van der Waals surface area contributed by atoms with Crippen molar-refractivity contribution in [1.29, 1.82) is 0 Å². The second-order valence-corrected chi connectivity index (χ2v) is 3.36. The molecule has 1 heterocycles. The average Bonchev–Trinajstić information content (AvgIpc) is 2.35. The van der Waals surface area contributed by atoms with Crippen molar-refractivity contribution < 1.29 is 0 Å². The molecule has 0 aliphatic rings. The van der Waals surface area contributed by atoms with E-state index in [2.05, 4.69) is 36.2 Å². The van der Waals surface area contributed by atoms with Crippen LogP contribution in [-0.4, -0.2) is 21.3 Å². The molecule has 1 aromatic rings. The zero-order valence-corrected chi connectivity index (χ0v) is 8.13. The maximum atomic E-state index is 4.20. The highest BCUT2D eigenvalue weighted by Gasteiger charge is 2.23. The molecule has 68 valence electrons. The standard InChI is InChI=1S/C8H16N4/c1-5-10-8(2,3)7-9-6-11-12(7)4/h6,10H,5H2,1-4H3. The Morgan fingerprint density at radius 1 is 1.58 bits per heavy atom. The minimum absolute atomic E-state index is 0.0972. The highest BCUT2D eigenvalue weighted by molar-refractivity contribution is 5.00. The van der Waals surface area contributed by atoms with Crippen molar-refractivity contribution in [2.24, 2.45) is 7.05 Å². The third-order valence-electron chi connectivity index (χ3n) is 1.89. The number of aryl methyl sites for hydroxylation is 1. The van der Waals surface area contributed by atoms with Crippen LogP contribution in [0.25, 0.3) is 0 Å². The third kappa shape index (κ3) is 1.64. The molecule has 0 radical (unpaired) electrons. The van der Waals surface area contributed by atoms with Crippen LogP contribution in [0.15, 0.2) is 6.33 Å². The lowest BCUT2D eigenvalue weighted by Crippen LogP contribution is -2.38. The van der Waals surface area contributed by atoms with Crippen molar-refractivity contribution in [2.75, 3.05) is 6.54 Å². The van der Waals surface area contributed by atoms with Gasteiger partial charge in [-0.25, -0.2) is 4.98 Å². The molecule has 1 N–H and O–H groups in total. The normalized spacial score (nSPS) is 12.0. The van der Waals surface area contributed by atoms with Crippen molar-refractivity contribution in [1.82, 2.24) is 20.1 Å². The fraction of sp³-hybridized carbons (Fsp3) is 0.750. The van der Waals surface area contributed by atoms with Crippen LogP contribution in [0.4, 0.5) is 0 Å². The highest BCUT2D eigenvalue weighted by Crippen LogP contribution is 2.15. The molecule has 1 aromatic heterocycles. The first-order valence-corrected chi connectivity index (χ1v) is 4.17. The van der Waals surface area contributed by atoms with E-state index in [0.717, 1.165) is 12.4 Å². The number of nitrogens with zero attached hydrogens (tertiary/aromatic N) is 3. The average molecular weight is 168 g/mol. The van der Waals surface area contributed by atoms with Gasteiger partial charge in [0.2, 0.25) is 0 Å². The lowest BCUT2D eigenvalue weighted by molar-refractivity contribution is 0.375. The molecule has 0 spiro atoms. The molecule has 12 heavy (non-hydrogen) atoms. The Morgan fingerprint density at radius 3 is 2.67 bits per heavy atom. The Balaban J connectivity index is 2.88. The summed E-state index contributed by atoms with van der Waals surface area (Å²) in [5, 5.41) is 7.37. The van der Waals surface area contributed by atoms with Crippen molar-refractivity contribution in [3.63, 3.8) is 0 Å². The monoisotopic (exact) mass is 168 g/mol. The Hall–Kier alpha value is -0.900. The maximum Gasteiger partial charge on any atom is 0.146 e. The van der Waals surface area contributed by atoms with Gasteiger partial charge >= 0.3 is 0 Å². The summed E-state index contributed by atoms with van der Waals surface area (Å²) in [6.07, 6.45) is 1.58. The summed E-state index contributed by atoms with van der Waals surface area (Å²) in [5.74, 6) is 0.962. The van der Waals surface area contributed by atoms with Gasteiger partial charge in [-0.2, -0.15) is 5.10 Å². The van der Waals surface area contributed by atoms with E-state index in [1.165, 1.54) is 0 Å². The van der Waals surface area contributed by atoms with E-state index in [-0.39, 0.29) is 5.54 Å². The number of hydrogen-bond donors (Lipinski definition) is 1. The summed E-state index contributed by atoms with van der Waals surface area (Å²) in [5.41, 5.74) is -0.0972. The second-order valence-electron chi connectivity index (χ2n) is 3.36. The van der Waals surface area contributed by atoms with Crippen LogP contribution in [0, 0.1) is 0 Å². The first kappa shape index (κ1) is 9.19. The highest BCUT2D eigenvalue weighted by atomic mass is 15.3. The Kier molecular flexibility index (Phi) is 2.47. The number of nitrogens with one attached hydrogen (secondary N) is 1. The van der Waals surface area contributed by atoms with Crippen LogP contribution < -0.4 is 5.32 Å². The van der Waals surface area contributed by atoms with Crippen molar-refractivity contribution in [3.05, 3.63) is 12.2 Å². The molecule has 0 atom stereocenters. The second kappa shape index (κ2) is 3.23. The molecule has 0 amide bonds. The van der Waals surface area contributed by atoms with Gasteiger partial charge in [0.05, 0.1) is 5.54 Å². The molecule has 1 rings (SSSR count). The van der Waals surface area contributed by atoms with Crippen molar-refractivity contribution in [2.45, 2.75) is 26.3 Å². The van der Waals surface area contributed by atoms with E-state index in [4.69, 9.17) is 0 Å². The molecule has 0 unspecified atom stereocenters. The van der Waals surface area contributed by atoms with Crippen molar-refractivity contribution in [3.8, 4) is 0 Å². The summed E-state index contributed by atoms with van der Waals surface area (Å²) in [7, 11) is 1.90. The Morgan fingerprint density at radius 2 is 2.25 bits per heavy atom. The SMILES string of the molecule is CCNC(C)(C)c1ncnn1C. The van der Waals surface area contributed by atoms with E-state index in [1.807, 2.05) is 7.05 Å². The van der Waals surface area contributed by atoms with Gasteiger partial charge in [0.15, 0.2) is 0 Å². The van der Waals surface area contributed by atoms with Crippen LogP contribution in [-0.2, 0) is 12.6 Å². The molecule has 0 saturated heterocycles. The minimum atomic E-state index is -0.0972. The fourth-order valence-electron chi connectivity index (χ4n) is 1.38. The van der Waals surface area contributed by atoms with Crippen LogP contribution in [0.5, 0.6) is 0 Å². The lowest BCUT2D eigenvalue weighted by atomic mass is 10.1. The minimum Gasteiger partial charge on any atom is -0.306 e. The first-order chi connectivity index (χ1) is 5.58. The number of hydrogen-bond acceptors (Lipinski definition) is 3. The van der Waals surface area contributed by atoms with Gasteiger partial charge in [-0.3, -0.25) is 4.68 Å². The van der Waals surface area contributed by atoms with Gasteiger partial charge in [0.25, 0.3) is 0 Å². The summed E-state index contributed by atoms with van der Waals surface area (Å²) in [6.45, 7) is 7.21. The zero-order valence-electron chi connectivity index (χ0n) is 8.13. The number of rotatable bonds is 3. The van der Waals surface area contributed by atoms with Crippen LogP contribution >= 0.6 is 0 Å². The Labute approximate surface area is 73.0 Å². The molecule has 0 bridgehead atoms.